The van der Waals surface area contributed by atoms with Gasteiger partial charge in [-0.3, -0.25) is 4.79 Å². The fraction of sp³-hybridized carbons (Fsp3) is 0.500. The van der Waals surface area contributed by atoms with Gasteiger partial charge in [0.25, 0.3) is 0 Å². The topological polar surface area (TPSA) is 50.4 Å². The fourth-order valence-corrected chi connectivity index (χ4v) is 2.32. The number of alkyl halides is 2. The van der Waals surface area contributed by atoms with Gasteiger partial charge in [-0.1, -0.05) is 18.2 Å². The highest BCUT2D eigenvalue weighted by molar-refractivity contribution is 5.86. The maximum atomic E-state index is 12.3. The summed E-state index contributed by atoms with van der Waals surface area (Å²) >= 11 is 0. The Hall–Kier alpha value is -1.69. The summed E-state index contributed by atoms with van der Waals surface area (Å²) in [6.07, 6.45) is 1.73. The molecule has 0 radical (unpaired) electrons. The number of ether oxygens (including phenoxy) is 1. The predicted molar refractivity (Wildman–Crippen MR) is 70.6 cm³/mol. The van der Waals surface area contributed by atoms with Crippen LogP contribution in [-0.4, -0.2) is 24.6 Å². The van der Waals surface area contributed by atoms with E-state index >= 15 is 0 Å². The van der Waals surface area contributed by atoms with E-state index in [2.05, 4.69) is 15.4 Å². The second-order valence-electron chi connectivity index (χ2n) is 5.03. The molecule has 4 nitrogen and oxygen atoms in total. The van der Waals surface area contributed by atoms with E-state index in [0.29, 0.717) is 5.56 Å². The molecular formula is C14H18F2N2O2. The average molecular weight is 284 g/mol. The monoisotopic (exact) mass is 284 g/mol. The molecule has 1 aliphatic heterocycles. The third-order valence-electron chi connectivity index (χ3n) is 3.50. The highest BCUT2D eigenvalue weighted by Gasteiger charge is 2.35. The molecule has 2 rings (SSSR count). The number of carbonyl (C=O) groups excluding carboxylic acids is 1. The van der Waals surface area contributed by atoms with Crippen LogP contribution in [0.5, 0.6) is 5.75 Å². The van der Waals surface area contributed by atoms with E-state index in [1.54, 1.807) is 18.2 Å². The molecule has 6 heteroatoms. The van der Waals surface area contributed by atoms with Gasteiger partial charge >= 0.3 is 6.61 Å². The molecule has 0 spiro atoms. The first kappa shape index (κ1) is 14.7. The Labute approximate surface area is 116 Å². The minimum absolute atomic E-state index is 0.0901. The molecule has 0 aromatic heterocycles. The Morgan fingerprint density at radius 2 is 2.25 bits per heavy atom. The lowest BCUT2D eigenvalue weighted by atomic mass is 9.99. The zero-order valence-electron chi connectivity index (χ0n) is 11.3. The molecule has 1 atom stereocenters. The number of benzene rings is 1. The van der Waals surface area contributed by atoms with Crippen LogP contribution in [0.15, 0.2) is 24.3 Å². The van der Waals surface area contributed by atoms with Crippen molar-refractivity contribution in [2.45, 2.75) is 38.5 Å². The number of para-hydroxylation sites is 1. The summed E-state index contributed by atoms with van der Waals surface area (Å²) in [4.78, 5) is 12.1. The molecule has 1 aromatic rings. The molecule has 1 saturated heterocycles. The molecule has 110 valence electrons. The lowest BCUT2D eigenvalue weighted by Crippen LogP contribution is -2.50. The molecule has 1 aliphatic rings. The minimum atomic E-state index is -2.87. The number of amides is 1. The van der Waals surface area contributed by atoms with Crippen LogP contribution < -0.4 is 15.4 Å². The lowest BCUT2D eigenvalue weighted by molar-refractivity contribution is -0.126. The van der Waals surface area contributed by atoms with Gasteiger partial charge in [0.1, 0.15) is 5.75 Å². The SMILES string of the molecule is CC1(C(=O)NCc2ccccc2OC(F)F)CCCN1. The van der Waals surface area contributed by atoms with Crippen LogP contribution in [-0.2, 0) is 11.3 Å². The van der Waals surface area contributed by atoms with Crippen molar-refractivity contribution in [2.75, 3.05) is 6.54 Å². The molecule has 0 saturated carbocycles. The lowest BCUT2D eigenvalue weighted by Gasteiger charge is -2.23. The Morgan fingerprint density at radius 3 is 2.90 bits per heavy atom. The smallest absolute Gasteiger partial charge is 0.387 e. The van der Waals surface area contributed by atoms with Crippen LogP contribution in [0.2, 0.25) is 0 Å². The van der Waals surface area contributed by atoms with Crippen molar-refractivity contribution in [3.8, 4) is 5.75 Å². The molecule has 0 bridgehead atoms. The van der Waals surface area contributed by atoms with Gasteiger partial charge in [0.05, 0.1) is 5.54 Å². The summed E-state index contributed by atoms with van der Waals surface area (Å²) in [5.41, 5.74) is -0.0406. The van der Waals surface area contributed by atoms with Gasteiger partial charge in [-0.2, -0.15) is 8.78 Å². The van der Waals surface area contributed by atoms with E-state index in [-0.39, 0.29) is 18.2 Å². The molecule has 1 aromatic carbocycles. The van der Waals surface area contributed by atoms with Crippen molar-refractivity contribution in [1.82, 2.24) is 10.6 Å². The Balaban J connectivity index is 1.98. The summed E-state index contributed by atoms with van der Waals surface area (Å²) in [6.45, 7) is -0.0499. The van der Waals surface area contributed by atoms with Crippen LogP contribution in [0.1, 0.15) is 25.3 Å². The average Bonchev–Trinajstić information content (AvgIpc) is 2.85. The first-order valence-electron chi connectivity index (χ1n) is 6.57. The maximum absolute atomic E-state index is 12.3. The van der Waals surface area contributed by atoms with Gasteiger partial charge < -0.3 is 15.4 Å². The van der Waals surface area contributed by atoms with E-state index in [0.717, 1.165) is 19.4 Å². The molecule has 1 amide bonds. The summed E-state index contributed by atoms with van der Waals surface area (Å²) < 4.78 is 29.0. The Morgan fingerprint density at radius 1 is 1.50 bits per heavy atom. The Bertz CT molecular complexity index is 474. The number of hydrogen-bond acceptors (Lipinski definition) is 3. The normalized spacial score (nSPS) is 22.0. The van der Waals surface area contributed by atoms with Gasteiger partial charge in [-0.05, 0) is 32.4 Å². The number of nitrogens with one attached hydrogen (secondary N) is 2. The molecule has 1 fully saturated rings. The number of halogens is 2. The van der Waals surface area contributed by atoms with Crippen LogP contribution in [0, 0.1) is 0 Å². The van der Waals surface area contributed by atoms with Crippen LogP contribution >= 0.6 is 0 Å². The Kier molecular flexibility index (Phi) is 4.54. The molecule has 2 N–H and O–H groups in total. The van der Waals surface area contributed by atoms with Crippen LogP contribution in [0.4, 0.5) is 8.78 Å². The molecule has 0 aliphatic carbocycles. The third kappa shape index (κ3) is 3.45. The molecule has 1 unspecified atom stereocenters. The van der Waals surface area contributed by atoms with Crippen molar-refractivity contribution in [1.29, 1.82) is 0 Å². The number of hydrogen-bond donors (Lipinski definition) is 2. The van der Waals surface area contributed by atoms with Crippen molar-refractivity contribution in [2.24, 2.45) is 0 Å². The molecule has 1 heterocycles. The van der Waals surface area contributed by atoms with E-state index in [1.807, 2.05) is 6.92 Å². The van der Waals surface area contributed by atoms with E-state index < -0.39 is 12.2 Å². The third-order valence-corrected chi connectivity index (χ3v) is 3.50. The maximum Gasteiger partial charge on any atom is 0.387 e. The molecule has 20 heavy (non-hydrogen) atoms. The number of rotatable bonds is 5. The zero-order chi connectivity index (χ0) is 14.6. The number of carbonyl (C=O) groups is 1. The van der Waals surface area contributed by atoms with E-state index in [1.165, 1.54) is 6.07 Å². The largest absolute Gasteiger partial charge is 0.434 e. The van der Waals surface area contributed by atoms with E-state index in [4.69, 9.17) is 0 Å². The second kappa shape index (κ2) is 6.17. The van der Waals surface area contributed by atoms with Gasteiger partial charge in [0, 0.05) is 12.1 Å². The summed E-state index contributed by atoms with van der Waals surface area (Å²) in [6, 6.07) is 6.45. The van der Waals surface area contributed by atoms with Crippen LogP contribution in [0.25, 0.3) is 0 Å². The highest BCUT2D eigenvalue weighted by atomic mass is 19.3. The van der Waals surface area contributed by atoms with Crippen molar-refractivity contribution in [3.63, 3.8) is 0 Å². The van der Waals surface area contributed by atoms with Gasteiger partial charge in [0.15, 0.2) is 0 Å². The van der Waals surface area contributed by atoms with Crippen molar-refractivity contribution < 1.29 is 18.3 Å². The van der Waals surface area contributed by atoms with Crippen molar-refractivity contribution in [3.05, 3.63) is 29.8 Å². The van der Waals surface area contributed by atoms with E-state index in [9.17, 15) is 13.6 Å². The van der Waals surface area contributed by atoms with Gasteiger partial charge in [-0.15, -0.1) is 0 Å². The van der Waals surface area contributed by atoms with Gasteiger partial charge in [0.2, 0.25) is 5.91 Å². The fourth-order valence-electron chi connectivity index (χ4n) is 2.32. The van der Waals surface area contributed by atoms with Crippen molar-refractivity contribution >= 4 is 5.91 Å². The standard InChI is InChI=1S/C14H18F2N2O2/c1-14(7-4-8-18-14)12(19)17-9-10-5-2-3-6-11(10)20-13(15)16/h2-3,5-6,13,18H,4,7-9H2,1H3,(H,17,19). The summed E-state index contributed by atoms with van der Waals surface area (Å²) in [5, 5.41) is 5.92. The predicted octanol–water partition coefficient (Wildman–Crippen LogP) is 2.05. The molecular weight excluding hydrogens is 266 g/mol. The minimum Gasteiger partial charge on any atom is -0.434 e. The van der Waals surface area contributed by atoms with Gasteiger partial charge in [-0.25, -0.2) is 0 Å². The first-order valence-corrected chi connectivity index (χ1v) is 6.57. The van der Waals surface area contributed by atoms with Crippen LogP contribution in [0.3, 0.4) is 0 Å². The quantitative estimate of drug-likeness (QED) is 0.870. The summed E-state index contributed by atoms with van der Waals surface area (Å²) in [5.74, 6) is -0.0332. The highest BCUT2D eigenvalue weighted by Crippen LogP contribution is 2.22. The first-order chi connectivity index (χ1) is 9.51. The zero-order valence-corrected chi connectivity index (χ0v) is 11.3. The second-order valence-corrected chi connectivity index (χ2v) is 5.03. The summed E-state index contributed by atoms with van der Waals surface area (Å²) in [7, 11) is 0.